The van der Waals surface area contributed by atoms with Gasteiger partial charge in [-0.2, -0.15) is 0 Å². The highest BCUT2D eigenvalue weighted by Crippen LogP contribution is 2.28. The highest BCUT2D eigenvalue weighted by Gasteiger charge is 2.15. The molecule has 0 saturated carbocycles. The van der Waals surface area contributed by atoms with Crippen LogP contribution in [0.5, 0.6) is 5.75 Å². The number of carbonyl (C=O) groups excluding carboxylic acids is 1. The van der Waals surface area contributed by atoms with Gasteiger partial charge in [0, 0.05) is 22.8 Å². The molecule has 164 valence electrons. The number of nitrogens with one attached hydrogen (secondary N) is 2. The maximum Gasteiger partial charge on any atom is 0.280 e. The Hall–Kier alpha value is -4.17. The predicted octanol–water partition coefficient (Wildman–Crippen LogP) is 4.92. The first kappa shape index (κ1) is 20.7. The van der Waals surface area contributed by atoms with Crippen molar-refractivity contribution in [3.63, 3.8) is 0 Å². The molecule has 5 rings (SSSR count). The first-order chi connectivity index (χ1) is 15.9. The monoisotopic (exact) mass is 462 g/mol. The molecule has 9 heteroatoms. The number of pyridine rings is 1. The fraction of sp³-hybridized carbons (Fsp3) is 0.0417. The topological polar surface area (TPSA) is 89.0 Å². The summed E-state index contributed by atoms with van der Waals surface area (Å²) in [7, 11) is 1.51. The summed E-state index contributed by atoms with van der Waals surface area (Å²) in [6.45, 7) is 0. The van der Waals surface area contributed by atoms with Crippen LogP contribution in [0.2, 0.25) is 5.02 Å². The Morgan fingerprint density at radius 2 is 1.88 bits per heavy atom. The molecule has 0 fully saturated rings. The number of H-pyrrole nitrogens is 1. The first-order valence-corrected chi connectivity index (χ1v) is 10.3. The van der Waals surface area contributed by atoms with Gasteiger partial charge < -0.3 is 10.1 Å². The fourth-order valence-electron chi connectivity index (χ4n) is 3.62. The minimum atomic E-state index is -0.399. The van der Waals surface area contributed by atoms with Crippen molar-refractivity contribution in [2.24, 2.45) is 0 Å². The molecule has 0 unspecified atom stereocenters. The maximum absolute atomic E-state index is 13.3. The summed E-state index contributed by atoms with van der Waals surface area (Å²) in [4.78, 5) is 30.1. The molecule has 2 N–H and O–H groups in total. The van der Waals surface area contributed by atoms with Crippen LogP contribution in [0.4, 0.5) is 10.1 Å². The number of nitrogens with zero attached hydrogens (tertiary/aromatic N) is 2. The van der Waals surface area contributed by atoms with Gasteiger partial charge in [-0.25, -0.2) is 9.07 Å². The lowest BCUT2D eigenvalue weighted by Crippen LogP contribution is -2.14. The van der Waals surface area contributed by atoms with E-state index in [2.05, 4.69) is 15.4 Å². The van der Waals surface area contributed by atoms with E-state index in [4.69, 9.17) is 16.3 Å². The number of carbonyl (C=O) groups is 1. The highest BCUT2D eigenvalue weighted by atomic mass is 35.5. The van der Waals surface area contributed by atoms with E-state index in [-0.39, 0.29) is 11.5 Å². The minimum Gasteiger partial charge on any atom is -0.495 e. The summed E-state index contributed by atoms with van der Waals surface area (Å²) in [5, 5.41) is 7.19. The lowest BCUT2D eigenvalue weighted by atomic mass is 10.1. The van der Waals surface area contributed by atoms with Crippen molar-refractivity contribution in [3.8, 4) is 11.4 Å². The van der Waals surface area contributed by atoms with Crippen LogP contribution in [0.3, 0.4) is 0 Å². The average Bonchev–Trinajstić information content (AvgIpc) is 3.16. The molecule has 3 aromatic carbocycles. The van der Waals surface area contributed by atoms with Crippen LogP contribution in [0, 0.1) is 5.82 Å². The van der Waals surface area contributed by atoms with Crippen LogP contribution in [-0.4, -0.2) is 27.8 Å². The van der Waals surface area contributed by atoms with E-state index in [0.29, 0.717) is 49.5 Å². The second kappa shape index (κ2) is 8.07. The van der Waals surface area contributed by atoms with Crippen LogP contribution in [0.15, 0.2) is 71.7 Å². The van der Waals surface area contributed by atoms with E-state index in [9.17, 15) is 14.0 Å². The number of benzene rings is 3. The molecule has 2 heterocycles. The van der Waals surface area contributed by atoms with Crippen LogP contribution in [0.1, 0.15) is 10.4 Å². The van der Waals surface area contributed by atoms with Crippen molar-refractivity contribution in [2.75, 3.05) is 12.4 Å². The van der Waals surface area contributed by atoms with Gasteiger partial charge in [0.15, 0.2) is 0 Å². The molecule has 1 amide bonds. The summed E-state index contributed by atoms with van der Waals surface area (Å²) in [6.07, 6.45) is 1.48. The van der Waals surface area contributed by atoms with Gasteiger partial charge >= 0.3 is 0 Å². The van der Waals surface area contributed by atoms with Crippen LogP contribution < -0.4 is 15.6 Å². The number of ether oxygens (including phenoxy) is 1. The number of hydrogen-bond acceptors (Lipinski definition) is 4. The van der Waals surface area contributed by atoms with Crippen LogP contribution in [0.25, 0.3) is 27.5 Å². The van der Waals surface area contributed by atoms with Gasteiger partial charge in [-0.3, -0.25) is 19.7 Å². The van der Waals surface area contributed by atoms with E-state index in [1.807, 2.05) is 0 Å². The molecular weight excluding hydrogens is 447 g/mol. The molecule has 0 radical (unpaired) electrons. The maximum atomic E-state index is 13.3. The summed E-state index contributed by atoms with van der Waals surface area (Å²) in [5.74, 6) is -0.247. The Labute approximate surface area is 191 Å². The zero-order valence-corrected chi connectivity index (χ0v) is 18.0. The molecule has 33 heavy (non-hydrogen) atoms. The van der Waals surface area contributed by atoms with Gasteiger partial charge in [-0.1, -0.05) is 11.6 Å². The molecule has 0 aliphatic heterocycles. The van der Waals surface area contributed by atoms with Crippen molar-refractivity contribution >= 4 is 45.0 Å². The zero-order chi connectivity index (χ0) is 23.1. The standard InChI is InChI=1S/C24H16ClFN4O3/c1-33-21-9-5-15(11-19(21)25)28-23(31)13-2-8-20-17(10-13)22-18(12-27-20)24(32)30(29-22)16-6-3-14(26)4-7-16/h2-12,29H,1H3,(H,28,31). The SMILES string of the molecule is COc1ccc(NC(=O)c2ccc3ncc4c(=O)n(-c5ccc(F)cc5)[nH]c4c3c2)cc1Cl. The van der Waals surface area contributed by atoms with Crippen molar-refractivity contribution in [2.45, 2.75) is 0 Å². The zero-order valence-electron chi connectivity index (χ0n) is 17.2. The van der Waals surface area contributed by atoms with Gasteiger partial charge in [0.1, 0.15) is 11.6 Å². The second-order valence-electron chi connectivity index (χ2n) is 7.31. The normalized spacial score (nSPS) is 11.1. The molecular formula is C24H16ClFN4O3. The number of aromatic nitrogens is 3. The largest absolute Gasteiger partial charge is 0.495 e. The number of fused-ring (bicyclic) bond motifs is 3. The third-order valence-electron chi connectivity index (χ3n) is 5.28. The van der Waals surface area contributed by atoms with Gasteiger partial charge in [-0.05, 0) is 60.7 Å². The van der Waals surface area contributed by atoms with E-state index >= 15 is 0 Å². The number of methoxy groups -OCH3 is 1. The number of amides is 1. The van der Waals surface area contributed by atoms with Crippen molar-refractivity contribution in [3.05, 3.63) is 93.6 Å². The Kier molecular flexibility index (Phi) is 5.07. The quantitative estimate of drug-likeness (QED) is 0.396. The number of anilines is 1. The first-order valence-electron chi connectivity index (χ1n) is 9.89. The number of halogens is 2. The second-order valence-corrected chi connectivity index (χ2v) is 7.72. The smallest absolute Gasteiger partial charge is 0.280 e. The number of rotatable bonds is 4. The van der Waals surface area contributed by atoms with Crippen LogP contribution in [-0.2, 0) is 0 Å². The molecule has 0 bridgehead atoms. The summed E-state index contributed by atoms with van der Waals surface area (Å²) < 4.78 is 19.7. The van der Waals surface area contributed by atoms with Crippen LogP contribution >= 0.6 is 11.6 Å². The summed E-state index contributed by atoms with van der Waals surface area (Å²) in [6, 6.07) is 15.5. The molecule has 2 aromatic heterocycles. The van der Waals surface area contributed by atoms with Gasteiger partial charge in [0.2, 0.25) is 0 Å². The Morgan fingerprint density at radius 1 is 1.09 bits per heavy atom. The molecule has 0 spiro atoms. The number of aromatic amines is 1. The lowest BCUT2D eigenvalue weighted by Gasteiger charge is -2.09. The van der Waals surface area contributed by atoms with E-state index < -0.39 is 5.82 Å². The average molecular weight is 463 g/mol. The van der Waals surface area contributed by atoms with Gasteiger partial charge in [0.25, 0.3) is 11.5 Å². The van der Waals surface area contributed by atoms with Crippen molar-refractivity contribution in [1.82, 2.24) is 14.8 Å². The fourth-order valence-corrected chi connectivity index (χ4v) is 3.88. The summed E-state index contributed by atoms with van der Waals surface area (Å²) in [5.41, 5.74) is 2.18. The Balaban J connectivity index is 1.56. The summed E-state index contributed by atoms with van der Waals surface area (Å²) >= 11 is 6.14. The number of hydrogen-bond donors (Lipinski definition) is 2. The van der Waals surface area contributed by atoms with Crippen molar-refractivity contribution < 1.29 is 13.9 Å². The van der Waals surface area contributed by atoms with Crippen molar-refractivity contribution in [1.29, 1.82) is 0 Å². The van der Waals surface area contributed by atoms with Gasteiger partial charge in [0.05, 0.1) is 34.2 Å². The molecule has 0 aliphatic rings. The predicted molar refractivity (Wildman–Crippen MR) is 125 cm³/mol. The minimum absolute atomic E-state index is 0.325. The van der Waals surface area contributed by atoms with E-state index in [0.717, 1.165) is 0 Å². The molecule has 0 atom stereocenters. The highest BCUT2D eigenvalue weighted by molar-refractivity contribution is 6.32. The Bertz CT molecular complexity index is 1590. The molecule has 0 aliphatic carbocycles. The Morgan fingerprint density at radius 3 is 2.61 bits per heavy atom. The molecule has 5 aromatic rings. The lowest BCUT2D eigenvalue weighted by molar-refractivity contribution is 0.102. The third-order valence-corrected chi connectivity index (χ3v) is 5.58. The molecule has 7 nitrogen and oxygen atoms in total. The van der Waals surface area contributed by atoms with E-state index in [1.54, 1.807) is 36.4 Å². The third kappa shape index (κ3) is 3.70. The van der Waals surface area contributed by atoms with Gasteiger partial charge in [-0.15, -0.1) is 0 Å². The van der Waals surface area contributed by atoms with E-state index in [1.165, 1.54) is 42.3 Å². The molecule has 0 saturated heterocycles.